The predicted molar refractivity (Wildman–Crippen MR) is 77.8 cm³/mol. The molecule has 0 fully saturated rings. The molecule has 4 heteroatoms. The van der Waals surface area contributed by atoms with E-state index in [0.29, 0.717) is 17.9 Å². The van der Waals surface area contributed by atoms with Crippen molar-refractivity contribution in [1.82, 2.24) is 4.90 Å². The summed E-state index contributed by atoms with van der Waals surface area (Å²) in [5, 5.41) is 0. The fourth-order valence-electron chi connectivity index (χ4n) is 2.61. The van der Waals surface area contributed by atoms with E-state index in [9.17, 15) is 9.18 Å². The summed E-state index contributed by atoms with van der Waals surface area (Å²) in [6.45, 7) is 0.893. The topological polar surface area (TPSA) is 29.5 Å². The molecule has 0 radical (unpaired) electrons. The summed E-state index contributed by atoms with van der Waals surface area (Å²) in [5.41, 5.74) is 2.29. The molecule has 1 heterocycles. The highest BCUT2D eigenvalue weighted by Gasteiger charge is 2.24. The van der Waals surface area contributed by atoms with E-state index in [0.717, 1.165) is 17.5 Å². The van der Waals surface area contributed by atoms with Crippen LogP contribution in [0.15, 0.2) is 42.5 Å². The fraction of sp³-hybridized carbons (Fsp3) is 0.235. The Morgan fingerprint density at radius 2 is 2.05 bits per heavy atom. The van der Waals surface area contributed by atoms with Gasteiger partial charge in [-0.3, -0.25) is 4.79 Å². The van der Waals surface area contributed by atoms with Gasteiger partial charge in [0, 0.05) is 30.3 Å². The standard InChI is InChI=1S/C17H16FNO2/c1-21-14-7-6-13(16(18)10-14)11-19-9-8-12-4-2-3-5-15(12)17(19)20/h2-7,10H,8-9,11H2,1H3. The number of fused-ring (bicyclic) bond motifs is 1. The number of carbonyl (C=O) groups is 1. The van der Waals surface area contributed by atoms with Crippen LogP contribution in [-0.4, -0.2) is 24.5 Å². The van der Waals surface area contributed by atoms with Crippen molar-refractivity contribution in [2.24, 2.45) is 0 Å². The van der Waals surface area contributed by atoms with Crippen LogP contribution in [0.5, 0.6) is 5.75 Å². The minimum atomic E-state index is -0.346. The molecule has 0 bridgehead atoms. The number of ether oxygens (including phenoxy) is 1. The molecular weight excluding hydrogens is 269 g/mol. The Hall–Kier alpha value is -2.36. The second-order valence-electron chi connectivity index (χ2n) is 5.09. The van der Waals surface area contributed by atoms with Crippen molar-refractivity contribution in [2.45, 2.75) is 13.0 Å². The third-order valence-electron chi connectivity index (χ3n) is 3.81. The number of benzene rings is 2. The molecule has 1 aliphatic rings. The van der Waals surface area contributed by atoms with Gasteiger partial charge in [-0.05, 0) is 24.1 Å². The summed E-state index contributed by atoms with van der Waals surface area (Å²) in [4.78, 5) is 14.1. The molecule has 0 aliphatic carbocycles. The zero-order chi connectivity index (χ0) is 14.8. The summed E-state index contributed by atoms with van der Waals surface area (Å²) < 4.78 is 19.0. The molecule has 0 spiro atoms. The molecule has 0 aromatic heterocycles. The van der Waals surface area contributed by atoms with Gasteiger partial charge in [-0.2, -0.15) is 0 Å². The van der Waals surface area contributed by atoms with E-state index in [-0.39, 0.29) is 18.3 Å². The van der Waals surface area contributed by atoms with Crippen LogP contribution in [0.1, 0.15) is 21.5 Å². The van der Waals surface area contributed by atoms with E-state index in [4.69, 9.17) is 4.74 Å². The predicted octanol–water partition coefficient (Wildman–Crippen LogP) is 3.03. The van der Waals surface area contributed by atoms with E-state index in [1.54, 1.807) is 17.0 Å². The minimum Gasteiger partial charge on any atom is -0.497 e. The number of halogens is 1. The maximum absolute atomic E-state index is 14.0. The molecule has 0 unspecified atom stereocenters. The Morgan fingerprint density at radius 1 is 1.24 bits per heavy atom. The van der Waals surface area contributed by atoms with Crippen LogP contribution in [0.3, 0.4) is 0 Å². The summed E-state index contributed by atoms with van der Waals surface area (Å²) >= 11 is 0. The lowest BCUT2D eigenvalue weighted by Crippen LogP contribution is -2.37. The number of carbonyl (C=O) groups excluding carboxylic acids is 1. The average molecular weight is 285 g/mol. The molecule has 1 aliphatic heterocycles. The quantitative estimate of drug-likeness (QED) is 0.867. The molecule has 2 aromatic carbocycles. The van der Waals surface area contributed by atoms with Crippen molar-refractivity contribution in [3.8, 4) is 5.75 Å². The van der Waals surface area contributed by atoms with E-state index < -0.39 is 0 Å². The molecule has 1 amide bonds. The molecule has 2 aromatic rings. The van der Waals surface area contributed by atoms with Crippen molar-refractivity contribution >= 4 is 5.91 Å². The summed E-state index contributed by atoms with van der Waals surface area (Å²) in [7, 11) is 1.50. The Bertz CT molecular complexity index is 684. The Balaban J connectivity index is 1.82. The highest BCUT2D eigenvalue weighted by atomic mass is 19.1. The van der Waals surface area contributed by atoms with Gasteiger partial charge >= 0.3 is 0 Å². The largest absolute Gasteiger partial charge is 0.497 e. The lowest BCUT2D eigenvalue weighted by atomic mass is 9.98. The molecular formula is C17H16FNO2. The van der Waals surface area contributed by atoms with E-state index in [1.807, 2.05) is 24.3 Å². The monoisotopic (exact) mass is 285 g/mol. The first-order valence-electron chi connectivity index (χ1n) is 6.88. The van der Waals surface area contributed by atoms with Crippen LogP contribution in [0.4, 0.5) is 4.39 Å². The number of methoxy groups -OCH3 is 1. The molecule has 0 N–H and O–H groups in total. The van der Waals surface area contributed by atoms with Gasteiger partial charge in [0.2, 0.25) is 0 Å². The van der Waals surface area contributed by atoms with Crippen LogP contribution in [-0.2, 0) is 13.0 Å². The number of hydrogen-bond donors (Lipinski definition) is 0. The van der Waals surface area contributed by atoms with Gasteiger partial charge < -0.3 is 9.64 Å². The zero-order valence-corrected chi connectivity index (χ0v) is 11.8. The minimum absolute atomic E-state index is 0.0351. The molecule has 108 valence electrons. The molecule has 3 rings (SSSR count). The van der Waals surface area contributed by atoms with Crippen LogP contribution in [0.2, 0.25) is 0 Å². The van der Waals surface area contributed by atoms with Crippen LogP contribution < -0.4 is 4.74 Å². The third-order valence-corrected chi connectivity index (χ3v) is 3.81. The van der Waals surface area contributed by atoms with Gasteiger partial charge in [0.25, 0.3) is 5.91 Å². The summed E-state index contributed by atoms with van der Waals surface area (Å²) in [5.74, 6) is 0.0969. The van der Waals surface area contributed by atoms with Crippen molar-refractivity contribution < 1.29 is 13.9 Å². The van der Waals surface area contributed by atoms with Gasteiger partial charge in [0.15, 0.2) is 0 Å². The SMILES string of the molecule is COc1ccc(CN2CCc3ccccc3C2=O)c(F)c1. The smallest absolute Gasteiger partial charge is 0.254 e. The molecule has 0 atom stereocenters. The van der Waals surface area contributed by atoms with Gasteiger partial charge in [-0.15, -0.1) is 0 Å². The van der Waals surface area contributed by atoms with Crippen molar-refractivity contribution in [3.05, 3.63) is 65.0 Å². The first-order chi connectivity index (χ1) is 10.2. The van der Waals surface area contributed by atoms with Crippen LogP contribution in [0.25, 0.3) is 0 Å². The van der Waals surface area contributed by atoms with Crippen molar-refractivity contribution in [2.75, 3.05) is 13.7 Å². The zero-order valence-electron chi connectivity index (χ0n) is 11.8. The molecule has 0 saturated heterocycles. The van der Waals surface area contributed by atoms with E-state index in [1.165, 1.54) is 13.2 Å². The first-order valence-corrected chi connectivity index (χ1v) is 6.88. The summed E-state index contributed by atoms with van der Waals surface area (Å²) in [6, 6.07) is 12.3. The number of amides is 1. The van der Waals surface area contributed by atoms with Crippen molar-refractivity contribution in [3.63, 3.8) is 0 Å². The molecule has 3 nitrogen and oxygen atoms in total. The summed E-state index contributed by atoms with van der Waals surface area (Å²) in [6.07, 6.45) is 0.805. The molecule has 0 saturated carbocycles. The second-order valence-corrected chi connectivity index (χ2v) is 5.09. The normalized spacial score (nSPS) is 14.0. The lowest BCUT2D eigenvalue weighted by Gasteiger charge is -2.28. The Morgan fingerprint density at radius 3 is 2.81 bits per heavy atom. The Kier molecular flexibility index (Phi) is 3.60. The van der Waals surface area contributed by atoms with Crippen LogP contribution >= 0.6 is 0 Å². The highest BCUT2D eigenvalue weighted by molar-refractivity contribution is 5.96. The van der Waals surface area contributed by atoms with E-state index in [2.05, 4.69) is 0 Å². The van der Waals surface area contributed by atoms with Crippen LogP contribution in [0, 0.1) is 5.82 Å². The maximum atomic E-state index is 14.0. The lowest BCUT2D eigenvalue weighted by molar-refractivity contribution is 0.0725. The number of nitrogens with zero attached hydrogens (tertiary/aromatic N) is 1. The number of rotatable bonds is 3. The Labute approximate surface area is 123 Å². The van der Waals surface area contributed by atoms with E-state index >= 15 is 0 Å². The van der Waals surface area contributed by atoms with Gasteiger partial charge in [-0.1, -0.05) is 24.3 Å². The third kappa shape index (κ3) is 2.61. The maximum Gasteiger partial charge on any atom is 0.254 e. The number of hydrogen-bond acceptors (Lipinski definition) is 2. The second kappa shape index (κ2) is 5.56. The molecule has 21 heavy (non-hydrogen) atoms. The highest BCUT2D eigenvalue weighted by Crippen LogP contribution is 2.22. The van der Waals surface area contributed by atoms with Gasteiger partial charge in [-0.25, -0.2) is 4.39 Å². The average Bonchev–Trinajstić information content (AvgIpc) is 2.52. The van der Waals surface area contributed by atoms with Gasteiger partial charge in [0.05, 0.1) is 7.11 Å². The first kappa shape index (κ1) is 13.6. The fourth-order valence-corrected chi connectivity index (χ4v) is 2.61. The van der Waals surface area contributed by atoms with Crippen molar-refractivity contribution in [1.29, 1.82) is 0 Å². The van der Waals surface area contributed by atoms with Gasteiger partial charge in [0.1, 0.15) is 11.6 Å².